The molecule has 4 aliphatic heterocycles. The molecule has 2 aromatic carbocycles. The van der Waals surface area contributed by atoms with E-state index >= 15 is 0 Å². The van der Waals surface area contributed by atoms with Gasteiger partial charge in [0.15, 0.2) is 11.8 Å². The first kappa shape index (κ1) is 40.1. The van der Waals surface area contributed by atoms with E-state index in [0.717, 1.165) is 16.7 Å². The number of carbonyl (C=O) groups excluding carboxylic acids is 5. The summed E-state index contributed by atoms with van der Waals surface area (Å²) in [6.45, 7) is 8.66. The monoisotopic (exact) mass is 802 g/mol. The zero-order valence-electron chi connectivity index (χ0n) is 33.3. The second kappa shape index (κ2) is 14.9. The molecule has 8 rings (SSSR count). The predicted octanol–water partition coefficient (Wildman–Crippen LogP) is 2.87. The number of fused-ring (bicyclic) bond motifs is 5. The Hall–Kier alpha value is -4.67. The molecule has 4 heterocycles. The molecule has 0 unspecified atom stereocenters. The molecule has 0 aromatic heterocycles. The highest BCUT2D eigenvalue weighted by molar-refractivity contribution is 5.94. The molecule has 58 heavy (non-hydrogen) atoms. The van der Waals surface area contributed by atoms with Crippen molar-refractivity contribution in [2.24, 2.45) is 10.8 Å². The van der Waals surface area contributed by atoms with Crippen LogP contribution in [-0.2, 0) is 76.6 Å². The van der Waals surface area contributed by atoms with E-state index < -0.39 is 101 Å². The highest BCUT2D eigenvalue weighted by Crippen LogP contribution is 2.58. The van der Waals surface area contributed by atoms with Gasteiger partial charge in [-0.2, -0.15) is 5.06 Å². The molecule has 0 radical (unpaired) electrons. The maximum atomic E-state index is 14.8. The molecule has 8 atom stereocenters. The number of aliphatic hydroxyl groups excluding tert-OH is 1. The van der Waals surface area contributed by atoms with Crippen molar-refractivity contribution in [1.82, 2.24) is 10.4 Å². The zero-order chi connectivity index (χ0) is 41.2. The summed E-state index contributed by atoms with van der Waals surface area (Å²) in [6.07, 6.45) is -0.318. The van der Waals surface area contributed by atoms with Crippen molar-refractivity contribution in [2.45, 2.75) is 127 Å². The average molecular weight is 803 g/mol. The number of rotatable bonds is 11. The van der Waals surface area contributed by atoms with Gasteiger partial charge >= 0.3 is 23.9 Å². The minimum absolute atomic E-state index is 0.0413. The van der Waals surface area contributed by atoms with Gasteiger partial charge in [0.1, 0.15) is 42.0 Å². The van der Waals surface area contributed by atoms with Crippen LogP contribution in [-0.4, -0.2) is 107 Å². The molecule has 2 aromatic rings. The third-order valence-electron chi connectivity index (χ3n) is 11.9. The number of carbonyl (C=O) groups is 5. The number of esters is 4. The van der Waals surface area contributed by atoms with Crippen molar-refractivity contribution in [3.8, 4) is 0 Å². The summed E-state index contributed by atoms with van der Waals surface area (Å²) < 4.78 is 35.5. The van der Waals surface area contributed by atoms with Gasteiger partial charge in [-0.05, 0) is 55.5 Å². The van der Waals surface area contributed by atoms with Gasteiger partial charge < -0.3 is 38.8 Å². The van der Waals surface area contributed by atoms with Crippen molar-refractivity contribution in [3.63, 3.8) is 0 Å². The highest BCUT2D eigenvalue weighted by Gasteiger charge is 2.76. The van der Waals surface area contributed by atoms with Crippen LogP contribution >= 0.6 is 0 Å². The summed E-state index contributed by atoms with van der Waals surface area (Å²) in [5.41, 5.74) is 0.762. The van der Waals surface area contributed by atoms with Gasteiger partial charge in [-0.15, -0.1) is 0 Å². The van der Waals surface area contributed by atoms with Crippen LogP contribution in [0.15, 0.2) is 54.6 Å². The number of hydrogen-bond donors (Lipinski definition) is 2. The van der Waals surface area contributed by atoms with Crippen LogP contribution in [0.4, 0.5) is 0 Å². The summed E-state index contributed by atoms with van der Waals surface area (Å²) in [5, 5.41) is 14.8. The smallest absolute Gasteiger partial charge is 0.348 e. The molecule has 2 bridgehead atoms. The van der Waals surface area contributed by atoms with Gasteiger partial charge in [-0.1, -0.05) is 62.4 Å². The number of cyclic esters (lactones) is 1. The lowest BCUT2D eigenvalue weighted by molar-refractivity contribution is -0.217. The van der Waals surface area contributed by atoms with E-state index in [1.165, 1.54) is 11.1 Å². The van der Waals surface area contributed by atoms with Crippen molar-refractivity contribution in [2.75, 3.05) is 13.2 Å². The van der Waals surface area contributed by atoms with Gasteiger partial charge in [-0.25, -0.2) is 9.59 Å². The Balaban J connectivity index is 1.03. The third kappa shape index (κ3) is 7.43. The number of hydrogen-bond acceptors (Lipinski definition) is 14. The maximum absolute atomic E-state index is 14.8. The van der Waals surface area contributed by atoms with Gasteiger partial charge in [0.2, 0.25) is 12.0 Å². The minimum atomic E-state index is -1.50. The van der Waals surface area contributed by atoms with E-state index in [4.69, 9.17) is 33.3 Å². The lowest BCUT2D eigenvalue weighted by Gasteiger charge is -2.49. The molecule has 1 saturated carbocycles. The second-order valence-corrected chi connectivity index (χ2v) is 17.9. The first-order chi connectivity index (χ1) is 27.5. The number of benzene rings is 2. The molecule has 15 nitrogen and oxygen atoms in total. The molecule has 310 valence electrons. The van der Waals surface area contributed by atoms with Crippen LogP contribution < -0.4 is 5.32 Å². The molecule has 2 aliphatic carbocycles. The van der Waals surface area contributed by atoms with E-state index in [2.05, 4.69) is 5.32 Å². The molecule has 1 spiro atoms. The Morgan fingerprint density at radius 3 is 2.33 bits per heavy atom. The van der Waals surface area contributed by atoms with E-state index in [9.17, 15) is 29.1 Å². The van der Waals surface area contributed by atoms with Gasteiger partial charge in [0.05, 0.1) is 19.2 Å². The van der Waals surface area contributed by atoms with Gasteiger partial charge in [0, 0.05) is 37.2 Å². The fraction of sp³-hybridized carbons (Fsp3) is 0.558. The van der Waals surface area contributed by atoms with Crippen molar-refractivity contribution in [3.05, 3.63) is 76.9 Å². The molecule has 6 aliphatic rings. The zero-order valence-corrected chi connectivity index (χ0v) is 33.3. The Kier molecular flexibility index (Phi) is 10.3. The summed E-state index contributed by atoms with van der Waals surface area (Å²) >= 11 is 0. The summed E-state index contributed by atoms with van der Waals surface area (Å²) in [6, 6.07) is 13.1. The third-order valence-corrected chi connectivity index (χ3v) is 11.9. The lowest BCUT2D eigenvalue weighted by atomic mass is 9.62. The van der Waals surface area contributed by atoms with Crippen LogP contribution in [0.1, 0.15) is 76.1 Å². The predicted molar refractivity (Wildman–Crippen MR) is 202 cm³/mol. The number of aliphatic hydroxyl groups is 1. The van der Waals surface area contributed by atoms with E-state index in [1.807, 2.05) is 24.3 Å². The number of ether oxygens (including phenoxy) is 6. The quantitative estimate of drug-likeness (QED) is 0.192. The van der Waals surface area contributed by atoms with Crippen LogP contribution in [0.2, 0.25) is 0 Å². The largest absolute Gasteiger partial charge is 0.462 e. The topological polar surface area (TPSA) is 185 Å². The Morgan fingerprint density at radius 2 is 1.69 bits per heavy atom. The van der Waals surface area contributed by atoms with E-state index in [1.54, 1.807) is 65.0 Å². The first-order valence-electron chi connectivity index (χ1n) is 19.8. The summed E-state index contributed by atoms with van der Waals surface area (Å²) in [7, 11) is 0. The van der Waals surface area contributed by atoms with Crippen molar-refractivity contribution < 1.29 is 62.3 Å². The summed E-state index contributed by atoms with van der Waals surface area (Å²) in [5.74, 6) is -3.91. The Morgan fingerprint density at radius 1 is 1.00 bits per heavy atom. The number of hydroxylamine groups is 2. The molecule has 1 amide bonds. The fourth-order valence-corrected chi connectivity index (χ4v) is 9.14. The van der Waals surface area contributed by atoms with Gasteiger partial charge in [-0.3, -0.25) is 19.2 Å². The standard InChI is InChI=1S/C43H50N2O13/c1-40(2,3)55-31(48)17-15-28(22-46)44-39(51)43-20-29-32-33(57-42(56-32)18-26-8-6-7-9-27(26)19-42)35(43)58-45(34(43)37(49)53-29)21-25-12-10-24(11-13-25)14-16-30(47)54-36-38(50)52-23-41(36,4)5/h6-14,16,28-29,32-36,46H,15,17-23H2,1-5H3,(H,44,51)/t28-,29+,32-,33-,34-,35+,36-,43-/m0/s1. The molecular weight excluding hydrogens is 752 g/mol. The number of nitrogens with zero attached hydrogens (tertiary/aromatic N) is 1. The molecule has 4 saturated heterocycles. The van der Waals surface area contributed by atoms with Crippen LogP contribution in [0.3, 0.4) is 0 Å². The SMILES string of the molecule is CC(C)(C)OC(=O)CC[C@@H](CO)NC(=O)[C@@]12C[C@H]3OC(=O)[C@@H]1N(Cc1ccc(C=CC(=O)O[C@H]4C(=O)OCC4(C)C)cc1)O[C@@H]2[C@H]1OC2(Cc4ccccc4C2)O[C@H]13. The van der Waals surface area contributed by atoms with Crippen LogP contribution in [0.5, 0.6) is 0 Å². The van der Waals surface area contributed by atoms with Crippen LogP contribution in [0.25, 0.3) is 6.08 Å². The fourth-order valence-electron chi connectivity index (χ4n) is 9.14. The first-order valence-corrected chi connectivity index (χ1v) is 19.8. The van der Waals surface area contributed by atoms with Crippen molar-refractivity contribution in [1.29, 1.82) is 0 Å². The normalized spacial score (nSPS) is 30.7. The molecule has 2 N–H and O–H groups in total. The van der Waals surface area contributed by atoms with Gasteiger partial charge in [0.25, 0.3) is 0 Å². The second-order valence-electron chi connectivity index (χ2n) is 17.9. The highest BCUT2D eigenvalue weighted by atomic mass is 16.8. The molecule has 15 heteroatoms. The lowest BCUT2D eigenvalue weighted by Crippen LogP contribution is -2.70. The van der Waals surface area contributed by atoms with E-state index in [0.29, 0.717) is 18.4 Å². The molecular formula is C43H50N2O13. The Bertz CT molecular complexity index is 1980. The molecule has 5 fully saturated rings. The number of nitrogens with one attached hydrogen (secondary N) is 1. The Labute approximate surface area is 336 Å². The average Bonchev–Trinajstić information content (AvgIpc) is 3.90. The number of amides is 1. The minimum Gasteiger partial charge on any atom is -0.462 e. The van der Waals surface area contributed by atoms with Crippen LogP contribution in [0, 0.1) is 10.8 Å². The van der Waals surface area contributed by atoms with Crippen molar-refractivity contribution >= 4 is 35.9 Å². The van der Waals surface area contributed by atoms with E-state index in [-0.39, 0.29) is 32.4 Å². The maximum Gasteiger partial charge on any atom is 0.348 e. The summed E-state index contributed by atoms with van der Waals surface area (Å²) in [4.78, 5) is 72.8.